The fourth-order valence-electron chi connectivity index (χ4n) is 1.33. The molecule has 0 heterocycles. The van der Waals surface area contributed by atoms with Crippen LogP contribution in [0.4, 0.5) is 4.39 Å². The van der Waals surface area contributed by atoms with E-state index < -0.39 is 0 Å². The van der Waals surface area contributed by atoms with Gasteiger partial charge in [0, 0.05) is 13.0 Å². The van der Waals surface area contributed by atoms with E-state index in [1.54, 1.807) is 18.2 Å². The molecule has 2 nitrogen and oxygen atoms in total. The van der Waals surface area contributed by atoms with E-state index in [-0.39, 0.29) is 30.5 Å². The fourth-order valence-corrected chi connectivity index (χ4v) is 2.29. The Balaban J connectivity index is 2.33. The number of aliphatic hydroxyl groups is 1. The quantitative estimate of drug-likeness (QED) is 0.813. The van der Waals surface area contributed by atoms with Crippen molar-refractivity contribution in [2.45, 2.75) is 13.3 Å². The van der Waals surface area contributed by atoms with Gasteiger partial charge in [0.1, 0.15) is 11.6 Å². The van der Waals surface area contributed by atoms with Crippen LogP contribution >= 0.6 is 11.8 Å². The van der Waals surface area contributed by atoms with Gasteiger partial charge in [0.15, 0.2) is 0 Å². The van der Waals surface area contributed by atoms with Crippen LogP contribution in [-0.4, -0.2) is 29.0 Å². The van der Waals surface area contributed by atoms with Crippen molar-refractivity contribution in [2.24, 2.45) is 5.92 Å². The second-order valence-electron chi connectivity index (χ2n) is 4.11. The molecular weight excluding hydrogens is 239 g/mol. The van der Waals surface area contributed by atoms with E-state index in [4.69, 9.17) is 5.11 Å². The molecule has 0 amide bonds. The van der Waals surface area contributed by atoms with Gasteiger partial charge in [0.2, 0.25) is 0 Å². The normalized spacial score (nSPS) is 12.4. The molecule has 0 spiro atoms. The Hall–Kier alpha value is -0.870. The van der Waals surface area contributed by atoms with Crippen molar-refractivity contribution in [1.82, 2.24) is 0 Å². The van der Waals surface area contributed by atoms with Crippen LogP contribution in [0.25, 0.3) is 0 Å². The van der Waals surface area contributed by atoms with E-state index >= 15 is 0 Å². The number of hydrogen-bond acceptors (Lipinski definition) is 3. The van der Waals surface area contributed by atoms with Crippen LogP contribution in [0.3, 0.4) is 0 Å². The minimum atomic E-state index is -0.324. The molecule has 0 aliphatic rings. The summed E-state index contributed by atoms with van der Waals surface area (Å²) in [7, 11) is 0. The summed E-state index contributed by atoms with van der Waals surface area (Å²) < 4.78 is 13.3. The summed E-state index contributed by atoms with van der Waals surface area (Å²) >= 11 is 1.49. The van der Waals surface area contributed by atoms with Gasteiger partial charge in [-0.05, 0) is 23.3 Å². The fraction of sp³-hybridized carbons (Fsp3) is 0.462. The zero-order valence-electron chi connectivity index (χ0n) is 9.86. The zero-order chi connectivity index (χ0) is 12.7. The minimum Gasteiger partial charge on any atom is -0.396 e. The van der Waals surface area contributed by atoms with Gasteiger partial charge in [-0.25, -0.2) is 4.39 Å². The number of halogens is 1. The highest BCUT2D eigenvalue weighted by Gasteiger charge is 2.08. The molecule has 4 heteroatoms. The summed E-state index contributed by atoms with van der Waals surface area (Å²) in [4.78, 5) is 11.6. The van der Waals surface area contributed by atoms with Crippen LogP contribution in [0.1, 0.15) is 12.5 Å². The van der Waals surface area contributed by atoms with Crippen molar-refractivity contribution in [3.05, 3.63) is 35.6 Å². The molecule has 17 heavy (non-hydrogen) atoms. The lowest BCUT2D eigenvalue weighted by Gasteiger charge is -2.06. The van der Waals surface area contributed by atoms with E-state index in [2.05, 4.69) is 0 Å². The molecule has 1 aromatic rings. The maximum absolute atomic E-state index is 13.3. The van der Waals surface area contributed by atoms with Crippen LogP contribution in [0.2, 0.25) is 0 Å². The molecule has 0 fully saturated rings. The molecule has 1 unspecified atom stereocenters. The average molecular weight is 256 g/mol. The minimum absolute atomic E-state index is 0.0187. The Bertz CT molecular complexity index is 368. The molecular formula is C13H17FO2S. The first kappa shape index (κ1) is 14.2. The first-order valence-corrected chi connectivity index (χ1v) is 6.72. The SMILES string of the molecule is CC(CO)CSCC(=O)Cc1ccccc1F. The summed E-state index contributed by atoms with van der Waals surface area (Å²) in [5.41, 5.74) is 0.452. The van der Waals surface area contributed by atoms with Crippen molar-refractivity contribution >= 4 is 17.5 Å². The topological polar surface area (TPSA) is 37.3 Å². The molecule has 0 saturated carbocycles. The van der Waals surface area contributed by atoms with Crippen molar-refractivity contribution < 1.29 is 14.3 Å². The maximum atomic E-state index is 13.3. The third-order valence-electron chi connectivity index (χ3n) is 2.32. The van der Waals surface area contributed by atoms with Gasteiger partial charge in [0.25, 0.3) is 0 Å². The Morgan fingerprint density at radius 3 is 2.82 bits per heavy atom. The van der Waals surface area contributed by atoms with Gasteiger partial charge in [-0.1, -0.05) is 25.1 Å². The molecule has 0 aliphatic heterocycles. The molecule has 1 N–H and O–H groups in total. The highest BCUT2D eigenvalue weighted by Crippen LogP contribution is 2.11. The lowest BCUT2D eigenvalue weighted by atomic mass is 10.1. The molecule has 1 aromatic carbocycles. The van der Waals surface area contributed by atoms with Crippen molar-refractivity contribution in [3.8, 4) is 0 Å². The van der Waals surface area contributed by atoms with Gasteiger partial charge >= 0.3 is 0 Å². The maximum Gasteiger partial charge on any atom is 0.147 e. The Morgan fingerprint density at radius 1 is 1.47 bits per heavy atom. The number of ketones is 1. The van der Waals surface area contributed by atoms with Crippen LogP contribution in [0, 0.1) is 11.7 Å². The first-order chi connectivity index (χ1) is 8.13. The number of rotatable bonds is 7. The number of aliphatic hydroxyl groups excluding tert-OH is 1. The molecule has 1 rings (SSSR count). The second-order valence-corrected chi connectivity index (χ2v) is 5.14. The van der Waals surface area contributed by atoms with Crippen molar-refractivity contribution in [1.29, 1.82) is 0 Å². The van der Waals surface area contributed by atoms with Crippen LogP contribution in [0.15, 0.2) is 24.3 Å². The van der Waals surface area contributed by atoms with E-state index in [9.17, 15) is 9.18 Å². The Morgan fingerprint density at radius 2 is 2.18 bits per heavy atom. The van der Waals surface area contributed by atoms with Gasteiger partial charge in [-0.3, -0.25) is 4.79 Å². The van der Waals surface area contributed by atoms with Crippen LogP contribution in [-0.2, 0) is 11.2 Å². The third-order valence-corrected chi connectivity index (χ3v) is 3.65. The highest BCUT2D eigenvalue weighted by molar-refractivity contribution is 7.99. The third kappa shape index (κ3) is 5.33. The standard InChI is InChI=1S/C13H17FO2S/c1-10(7-15)8-17-9-12(16)6-11-4-2-3-5-13(11)14/h2-5,10,15H,6-9H2,1H3. The number of carbonyl (C=O) groups excluding carboxylic acids is 1. The average Bonchev–Trinajstić information content (AvgIpc) is 2.32. The molecule has 0 aliphatic carbocycles. The summed E-state index contributed by atoms with van der Waals surface area (Å²) in [5, 5.41) is 8.82. The lowest BCUT2D eigenvalue weighted by molar-refractivity contribution is -0.116. The van der Waals surface area contributed by atoms with Crippen LogP contribution in [0.5, 0.6) is 0 Å². The molecule has 94 valence electrons. The second kappa shape index (κ2) is 7.45. The summed E-state index contributed by atoms with van der Waals surface area (Å²) in [5.74, 6) is 1.01. The zero-order valence-corrected chi connectivity index (χ0v) is 10.7. The lowest BCUT2D eigenvalue weighted by Crippen LogP contribution is -2.10. The van der Waals surface area contributed by atoms with Crippen LogP contribution < -0.4 is 0 Å². The van der Waals surface area contributed by atoms with Gasteiger partial charge in [-0.15, -0.1) is 0 Å². The smallest absolute Gasteiger partial charge is 0.147 e. The number of benzene rings is 1. The van der Waals surface area contributed by atoms with E-state index in [0.717, 1.165) is 5.75 Å². The van der Waals surface area contributed by atoms with Crippen molar-refractivity contribution in [3.63, 3.8) is 0 Å². The van der Waals surface area contributed by atoms with Crippen molar-refractivity contribution in [2.75, 3.05) is 18.1 Å². The van der Waals surface area contributed by atoms with E-state index in [1.807, 2.05) is 6.92 Å². The number of Topliss-reactive ketones (excluding diaryl/α,β-unsaturated/α-hetero) is 1. The largest absolute Gasteiger partial charge is 0.396 e. The molecule has 0 aromatic heterocycles. The van der Waals surface area contributed by atoms with Gasteiger partial charge in [0.05, 0.1) is 5.75 Å². The summed E-state index contributed by atoms with van der Waals surface area (Å²) in [6, 6.07) is 6.34. The first-order valence-electron chi connectivity index (χ1n) is 5.57. The summed E-state index contributed by atoms with van der Waals surface area (Å²) in [6.45, 7) is 2.06. The number of hydrogen-bond donors (Lipinski definition) is 1. The number of thioether (sulfide) groups is 1. The monoisotopic (exact) mass is 256 g/mol. The predicted octanol–water partition coefficient (Wildman–Crippen LogP) is 2.30. The number of carbonyl (C=O) groups is 1. The predicted molar refractivity (Wildman–Crippen MR) is 68.7 cm³/mol. The Labute approximate surface area is 105 Å². The Kier molecular flexibility index (Phi) is 6.22. The highest BCUT2D eigenvalue weighted by atomic mass is 32.2. The summed E-state index contributed by atoms with van der Waals surface area (Å²) in [6.07, 6.45) is 0.146. The molecule has 1 atom stereocenters. The van der Waals surface area contributed by atoms with E-state index in [1.165, 1.54) is 17.8 Å². The molecule has 0 radical (unpaired) electrons. The molecule has 0 bridgehead atoms. The molecule has 0 saturated heterocycles. The van der Waals surface area contributed by atoms with Gasteiger partial charge < -0.3 is 5.11 Å². The van der Waals surface area contributed by atoms with Gasteiger partial charge in [-0.2, -0.15) is 11.8 Å². The van der Waals surface area contributed by atoms with E-state index in [0.29, 0.717) is 11.3 Å².